The van der Waals surface area contributed by atoms with Crippen LogP contribution in [0.3, 0.4) is 0 Å². The third-order valence-electron chi connectivity index (χ3n) is 2.41. The number of rotatable bonds is 5. The summed E-state index contributed by atoms with van der Waals surface area (Å²) >= 11 is 1.38. The van der Waals surface area contributed by atoms with E-state index in [0.717, 1.165) is 0 Å². The number of aromatic nitrogens is 2. The second-order valence-corrected chi connectivity index (χ2v) is 6.46. The van der Waals surface area contributed by atoms with Crippen LogP contribution < -0.4 is 4.72 Å². The van der Waals surface area contributed by atoms with Crippen molar-refractivity contribution in [3.05, 3.63) is 40.5 Å². The van der Waals surface area contributed by atoms with Crippen molar-refractivity contribution < 1.29 is 13.5 Å². The van der Waals surface area contributed by atoms with E-state index in [1.54, 1.807) is 18.5 Å². The molecular formula is C11H13N3O3S2. The van der Waals surface area contributed by atoms with Crippen molar-refractivity contribution in [1.29, 1.82) is 0 Å². The number of thiazole rings is 1. The molecule has 2 rings (SSSR count). The molecular weight excluding hydrogens is 286 g/mol. The van der Waals surface area contributed by atoms with E-state index in [0.29, 0.717) is 10.6 Å². The molecule has 1 unspecified atom stereocenters. The van der Waals surface area contributed by atoms with Crippen LogP contribution in [0.4, 0.5) is 0 Å². The van der Waals surface area contributed by atoms with Gasteiger partial charge in [0.1, 0.15) is 5.01 Å². The van der Waals surface area contributed by atoms with E-state index in [9.17, 15) is 8.42 Å². The Hall–Kier alpha value is -1.35. The molecule has 8 heteroatoms. The number of aliphatic hydroxyl groups excluding tert-OH is 1. The van der Waals surface area contributed by atoms with Gasteiger partial charge in [0.15, 0.2) is 5.03 Å². The molecule has 0 saturated carbocycles. The average molecular weight is 299 g/mol. The van der Waals surface area contributed by atoms with Crippen LogP contribution in [-0.2, 0) is 16.6 Å². The number of nitrogens with zero attached hydrogens (tertiary/aromatic N) is 2. The monoisotopic (exact) mass is 299 g/mol. The van der Waals surface area contributed by atoms with Gasteiger partial charge in [0, 0.05) is 17.8 Å². The first-order valence-electron chi connectivity index (χ1n) is 5.50. The smallest absolute Gasteiger partial charge is 0.258 e. The average Bonchev–Trinajstić information content (AvgIpc) is 2.92. The summed E-state index contributed by atoms with van der Waals surface area (Å²) in [6, 6.07) is 2.47. The lowest BCUT2D eigenvalue weighted by molar-refractivity contribution is 0.281. The van der Waals surface area contributed by atoms with Crippen molar-refractivity contribution >= 4 is 21.4 Å². The zero-order chi connectivity index (χ0) is 13.9. The molecule has 0 aliphatic heterocycles. The third-order valence-corrected chi connectivity index (χ3v) is 4.82. The summed E-state index contributed by atoms with van der Waals surface area (Å²) in [5.74, 6) is 0. The Morgan fingerprint density at radius 1 is 1.42 bits per heavy atom. The van der Waals surface area contributed by atoms with E-state index in [-0.39, 0.29) is 11.6 Å². The molecule has 0 aromatic carbocycles. The largest absolute Gasteiger partial charge is 0.392 e. The van der Waals surface area contributed by atoms with Gasteiger partial charge in [0.25, 0.3) is 10.0 Å². The maximum atomic E-state index is 12.1. The first kappa shape index (κ1) is 14.1. The number of hydrogen-bond acceptors (Lipinski definition) is 6. The van der Waals surface area contributed by atoms with Gasteiger partial charge >= 0.3 is 0 Å². The van der Waals surface area contributed by atoms with Crippen molar-refractivity contribution in [3.63, 3.8) is 0 Å². The van der Waals surface area contributed by atoms with Crippen LogP contribution >= 0.6 is 11.3 Å². The Labute approximate surface area is 115 Å². The van der Waals surface area contributed by atoms with Gasteiger partial charge in [-0.05, 0) is 18.6 Å². The summed E-state index contributed by atoms with van der Waals surface area (Å²) in [5, 5.41) is 11.3. The van der Waals surface area contributed by atoms with Gasteiger partial charge in [-0.3, -0.25) is 0 Å². The van der Waals surface area contributed by atoms with Crippen LogP contribution in [0.2, 0.25) is 0 Å². The molecule has 0 bridgehead atoms. The Kier molecular flexibility index (Phi) is 4.25. The molecule has 2 aromatic heterocycles. The van der Waals surface area contributed by atoms with E-state index in [1.807, 2.05) is 0 Å². The van der Waals surface area contributed by atoms with Gasteiger partial charge in [-0.25, -0.2) is 23.1 Å². The molecule has 102 valence electrons. The predicted molar refractivity (Wildman–Crippen MR) is 71.0 cm³/mol. The minimum Gasteiger partial charge on any atom is -0.392 e. The summed E-state index contributed by atoms with van der Waals surface area (Å²) < 4.78 is 26.7. The molecule has 2 N–H and O–H groups in total. The molecule has 1 atom stereocenters. The predicted octanol–water partition coefficient (Wildman–Crippen LogP) is 1.07. The van der Waals surface area contributed by atoms with Crippen molar-refractivity contribution in [3.8, 4) is 0 Å². The number of pyridine rings is 1. The van der Waals surface area contributed by atoms with Crippen LogP contribution in [0, 0.1) is 0 Å². The molecule has 0 fully saturated rings. The molecule has 0 spiro atoms. The van der Waals surface area contributed by atoms with Crippen LogP contribution in [0.15, 0.2) is 34.9 Å². The maximum Gasteiger partial charge on any atom is 0.258 e. The second-order valence-electron chi connectivity index (χ2n) is 3.88. The highest BCUT2D eigenvalue weighted by Gasteiger charge is 2.20. The van der Waals surface area contributed by atoms with E-state index >= 15 is 0 Å². The quantitative estimate of drug-likeness (QED) is 0.861. The zero-order valence-electron chi connectivity index (χ0n) is 10.1. The molecule has 19 heavy (non-hydrogen) atoms. The minimum absolute atomic E-state index is 0.0758. The van der Waals surface area contributed by atoms with Gasteiger partial charge in [0.2, 0.25) is 0 Å². The van der Waals surface area contributed by atoms with Gasteiger partial charge in [-0.2, -0.15) is 0 Å². The highest BCUT2D eigenvalue weighted by molar-refractivity contribution is 7.89. The first-order chi connectivity index (χ1) is 9.03. The summed E-state index contributed by atoms with van der Waals surface area (Å²) in [7, 11) is -3.69. The standard InChI is InChI=1S/C11H13N3O3S2/c1-8(11-12-4-5-18-11)14-19(16,17)10-3-2-9(7-15)6-13-10/h2-6,8,14-15H,7H2,1H3. The molecule has 0 radical (unpaired) electrons. The molecule has 0 aliphatic rings. The zero-order valence-corrected chi connectivity index (χ0v) is 11.8. The van der Waals surface area contributed by atoms with Crippen molar-refractivity contribution in [2.24, 2.45) is 0 Å². The number of aliphatic hydroxyl groups is 1. The summed E-state index contributed by atoms with van der Waals surface area (Å²) in [4.78, 5) is 7.89. The number of hydrogen-bond donors (Lipinski definition) is 2. The van der Waals surface area contributed by atoms with Gasteiger partial charge < -0.3 is 5.11 Å². The molecule has 2 heterocycles. The fourth-order valence-corrected chi connectivity index (χ4v) is 3.31. The highest BCUT2D eigenvalue weighted by Crippen LogP contribution is 2.17. The molecule has 0 amide bonds. The van der Waals surface area contributed by atoms with Crippen LogP contribution in [0.5, 0.6) is 0 Å². The van der Waals surface area contributed by atoms with E-state index < -0.39 is 16.1 Å². The van der Waals surface area contributed by atoms with Crippen LogP contribution in [0.25, 0.3) is 0 Å². The SMILES string of the molecule is CC(NS(=O)(=O)c1ccc(CO)cn1)c1nccs1. The third kappa shape index (κ3) is 3.35. The Morgan fingerprint density at radius 3 is 2.74 bits per heavy atom. The first-order valence-corrected chi connectivity index (χ1v) is 7.87. The van der Waals surface area contributed by atoms with Gasteiger partial charge in [-0.1, -0.05) is 6.07 Å². The van der Waals surface area contributed by atoms with Crippen molar-refractivity contribution in [2.75, 3.05) is 0 Å². The van der Waals surface area contributed by atoms with Crippen molar-refractivity contribution in [1.82, 2.24) is 14.7 Å². The normalized spacial score (nSPS) is 13.4. The molecule has 2 aromatic rings. The Morgan fingerprint density at radius 2 is 2.21 bits per heavy atom. The lowest BCUT2D eigenvalue weighted by Crippen LogP contribution is -2.27. The van der Waals surface area contributed by atoms with E-state index in [2.05, 4.69) is 14.7 Å². The maximum absolute atomic E-state index is 12.1. The van der Waals surface area contributed by atoms with E-state index in [1.165, 1.54) is 29.7 Å². The second kappa shape index (κ2) is 5.74. The minimum atomic E-state index is -3.69. The number of sulfonamides is 1. The van der Waals surface area contributed by atoms with Gasteiger partial charge in [0.05, 0.1) is 12.6 Å². The van der Waals surface area contributed by atoms with Crippen LogP contribution in [0.1, 0.15) is 23.5 Å². The summed E-state index contributed by atoms with van der Waals surface area (Å²) in [6.07, 6.45) is 2.96. The Bertz CT molecular complexity index is 624. The van der Waals surface area contributed by atoms with Crippen LogP contribution in [-0.4, -0.2) is 23.5 Å². The molecule has 0 saturated heterocycles. The number of nitrogens with one attached hydrogen (secondary N) is 1. The molecule has 0 aliphatic carbocycles. The fourth-order valence-electron chi connectivity index (χ4n) is 1.46. The summed E-state index contributed by atoms with van der Waals surface area (Å²) in [6.45, 7) is 1.55. The lowest BCUT2D eigenvalue weighted by Gasteiger charge is -2.11. The highest BCUT2D eigenvalue weighted by atomic mass is 32.2. The van der Waals surface area contributed by atoms with Gasteiger partial charge in [-0.15, -0.1) is 11.3 Å². The fraction of sp³-hybridized carbons (Fsp3) is 0.273. The topological polar surface area (TPSA) is 92.2 Å². The van der Waals surface area contributed by atoms with E-state index in [4.69, 9.17) is 5.11 Å². The summed E-state index contributed by atoms with van der Waals surface area (Å²) in [5.41, 5.74) is 0.562. The van der Waals surface area contributed by atoms with Crippen molar-refractivity contribution in [2.45, 2.75) is 24.6 Å². The Balaban J connectivity index is 2.17. The lowest BCUT2D eigenvalue weighted by atomic mass is 10.3. The molecule has 6 nitrogen and oxygen atoms in total.